The molecule has 2 aromatic rings. The van der Waals surface area contributed by atoms with E-state index in [1.807, 2.05) is 0 Å². The fourth-order valence-electron chi connectivity index (χ4n) is 1.45. The number of carbonyl (C=O) groups is 1. The first-order valence-electron chi connectivity index (χ1n) is 5.36. The van der Waals surface area contributed by atoms with Gasteiger partial charge in [-0.3, -0.25) is 9.78 Å². The standard InChI is InChI=1S/C13H9NO4S/c1-8(15)19-6-2-3-9-4-5-11-10(7-9)12(16)18-13(17)14-11/h4-5,7H,6H2,1H3,(H,14,17). The van der Waals surface area contributed by atoms with Gasteiger partial charge in [-0.25, -0.2) is 9.59 Å². The Bertz CT molecular complexity index is 807. The third kappa shape index (κ3) is 3.36. The van der Waals surface area contributed by atoms with Gasteiger partial charge in [0.05, 0.1) is 16.7 Å². The molecule has 0 spiro atoms. The fraction of sp³-hybridized carbons (Fsp3) is 0.154. The number of thioether (sulfide) groups is 1. The topological polar surface area (TPSA) is 80.1 Å². The summed E-state index contributed by atoms with van der Waals surface area (Å²) in [5.74, 6) is 5.27. The van der Waals surface area contributed by atoms with E-state index in [9.17, 15) is 14.4 Å². The zero-order valence-corrected chi connectivity index (χ0v) is 10.8. The van der Waals surface area contributed by atoms with E-state index in [0.717, 1.165) is 11.8 Å². The highest BCUT2D eigenvalue weighted by Crippen LogP contribution is 2.08. The van der Waals surface area contributed by atoms with Crippen molar-refractivity contribution in [1.29, 1.82) is 0 Å². The normalized spacial score (nSPS) is 9.95. The van der Waals surface area contributed by atoms with Gasteiger partial charge in [0.25, 0.3) is 0 Å². The van der Waals surface area contributed by atoms with Crippen molar-refractivity contribution in [3.63, 3.8) is 0 Å². The number of benzene rings is 1. The maximum atomic E-state index is 11.5. The molecular formula is C13H9NO4S. The number of fused-ring (bicyclic) bond motifs is 1. The number of rotatable bonds is 1. The van der Waals surface area contributed by atoms with Crippen molar-refractivity contribution in [2.45, 2.75) is 6.92 Å². The Hall–Kier alpha value is -2.26. The summed E-state index contributed by atoms with van der Waals surface area (Å²) in [6.07, 6.45) is 0. The third-order valence-electron chi connectivity index (χ3n) is 2.24. The Morgan fingerprint density at radius 3 is 2.95 bits per heavy atom. The summed E-state index contributed by atoms with van der Waals surface area (Å²) in [5.41, 5.74) is 0.335. The van der Waals surface area contributed by atoms with Crippen molar-refractivity contribution in [1.82, 2.24) is 4.98 Å². The van der Waals surface area contributed by atoms with Gasteiger partial charge in [-0.1, -0.05) is 23.6 Å². The van der Waals surface area contributed by atoms with E-state index >= 15 is 0 Å². The van der Waals surface area contributed by atoms with E-state index in [1.54, 1.807) is 18.2 Å². The van der Waals surface area contributed by atoms with Gasteiger partial charge in [-0.15, -0.1) is 0 Å². The summed E-state index contributed by atoms with van der Waals surface area (Å²) in [6, 6.07) is 4.82. The van der Waals surface area contributed by atoms with E-state index in [2.05, 4.69) is 21.2 Å². The van der Waals surface area contributed by atoms with Gasteiger partial charge in [-0.05, 0) is 18.2 Å². The molecule has 0 fully saturated rings. The number of carbonyl (C=O) groups excluding carboxylic acids is 1. The lowest BCUT2D eigenvalue weighted by molar-refractivity contribution is -0.109. The van der Waals surface area contributed by atoms with Crippen LogP contribution in [0.5, 0.6) is 0 Å². The first-order valence-corrected chi connectivity index (χ1v) is 6.34. The summed E-state index contributed by atoms with van der Waals surface area (Å²) < 4.78 is 4.44. The van der Waals surface area contributed by atoms with Crippen LogP contribution < -0.4 is 11.4 Å². The second-order valence-corrected chi connectivity index (χ2v) is 4.80. The Kier molecular flexibility index (Phi) is 3.88. The molecule has 19 heavy (non-hydrogen) atoms. The summed E-state index contributed by atoms with van der Waals surface area (Å²) in [4.78, 5) is 35.6. The fourth-order valence-corrected chi connectivity index (χ4v) is 1.80. The van der Waals surface area contributed by atoms with Gasteiger partial charge in [0.15, 0.2) is 5.12 Å². The number of hydrogen-bond donors (Lipinski definition) is 1. The lowest BCUT2D eigenvalue weighted by atomic mass is 10.1. The first-order chi connectivity index (χ1) is 9.06. The number of hydrogen-bond acceptors (Lipinski definition) is 5. The summed E-state index contributed by atoms with van der Waals surface area (Å²) >= 11 is 1.12. The van der Waals surface area contributed by atoms with Crippen LogP contribution in [0.25, 0.3) is 10.9 Å². The molecule has 0 saturated heterocycles. The molecule has 1 N–H and O–H groups in total. The summed E-state index contributed by atoms with van der Waals surface area (Å²) in [7, 11) is 0. The smallest absolute Gasteiger partial charge is 0.372 e. The van der Waals surface area contributed by atoms with Gasteiger partial charge in [0.2, 0.25) is 0 Å². The van der Waals surface area contributed by atoms with Gasteiger partial charge >= 0.3 is 11.4 Å². The highest BCUT2D eigenvalue weighted by molar-refractivity contribution is 8.13. The van der Waals surface area contributed by atoms with Gasteiger partial charge < -0.3 is 4.42 Å². The van der Waals surface area contributed by atoms with E-state index in [4.69, 9.17) is 0 Å². The average Bonchev–Trinajstić information content (AvgIpc) is 2.35. The zero-order valence-electron chi connectivity index (χ0n) is 9.98. The zero-order chi connectivity index (χ0) is 13.8. The van der Waals surface area contributed by atoms with Crippen molar-refractivity contribution in [2.75, 3.05) is 5.75 Å². The second kappa shape index (κ2) is 5.59. The lowest BCUT2D eigenvalue weighted by Gasteiger charge is -1.95. The molecule has 5 nitrogen and oxygen atoms in total. The quantitative estimate of drug-likeness (QED) is 0.789. The number of H-pyrrole nitrogens is 1. The van der Waals surface area contributed by atoms with Crippen LogP contribution in [0.2, 0.25) is 0 Å². The van der Waals surface area contributed by atoms with Crippen molar-refractivity contribution in [3.05, 3.63) is 44.7 Å². The SMILES string of the molecule is CC(=O)SCC#Cc1ccc2[nH]c(=O)oc(=O)c2c1. The maximum Gasteiger partial charge on any atom is 0.419 e. The highest BCUT2D eigenvalue weighted by Gasteiger charge is 2.02. The van der Waals surface area contributed by atoms with Crippen LogP contribution in [0.15, 0.2) is 32.2 Å². The highest BCUT2D eigenvalue weighted by atomic mass is 32.2. The van der Waals surface area contributed by atoms with Crippen LogP contribution in [0.1, 0.15) is 12.5 Å². The molecular weight excluding hydrogens is 266 g/mol. The Labute approximate surface area is 112 Å². The van der Waals surface area contributed by atoms with Crippen LogP contribution >= 0.6 is 11.8 Å². The van der Waals surface area contributed by atoms with E-state index < -0.39 is 11.4 Å². The minimum absolute atomic E-state index is 0.00558. The Morgan fingerprint density at radius 2 is 2.21 bits per heavy atom. The lowest BCUT2D eigenvalue weighted by Crippen LogP contribution is -2.14. The molecule has 96 valence electrons. The van der Waals surface area contributed by atoms with Crippen LogP contribution in [0.3, 0.4) is 0 Å². The van der Waals surface area contributed by atoms with E-state index in [0.29, 0.717) is 16.8 Å². The largest absolute Gasteiger partial charge is 0.419 e. The average molecular weight is 275 g/mol. The molecule has 2 rings (SSSR count). The maximum absolute atomic E-state index is 11.5. The third-order valence-corrected chi connectivity index (χ3v) is 2.94. The van der Waals surface area contributed by atoms with Gasteiger partial charge in [0.1, 0.15) is 0 Å². The monoisotopic (exact) mass is 275 g/mol. The first kappa shape index (κ1) is 13.2. The minimum atomic E-state index is -0.783. The van der Waals surface area contributed by atoms with E-state index in [-0.39, 0.29) is 10.5 Å². The predicted molar refractivity (Wildman–Crippen MR) is 73.1 cm³/mol. The van der Waals surface area contributed by atoms with Crippen LogP contribution in [0, 0.1) is 11.8 Å². The van der Waals surface area contributed by atoms with Gasteiger partial charge in [-0.2, -0.15) is 0 Å². The second-order valence-electron chi connectivity index (χ2n) is 3.64. The minimum Gasteiger partial charge on any atom is -0.372 e. The Morgan fingerprint density at radius 1 is 1.42 bits per heavy atom. The van der Waals surface area contributed by atoms with Crippen LogP contribution in [-0.2, 0) is 4.79 Å². The molecule has 1 aromatic carbocycles. The van der Waals surface area contributed by atoms with Crippen molar-refractivity contribution in [2.24, 2.45) is 0 Å². The van der Waals surface area contributed by atoms with Crippen molar-refractivity contribution < 1.29 is 9.21 Å². The molecule has 1 heterocycles. The molecule has 0 atom stereocenters. The van der Waals surface area contributed by atoms with Crippen LogP contribution in [0.4, 0.5) is 0 Å². The molecule has 0 bridgehead atoms. The van der Waals surface area contributed by atoms with Crippen molar-refractivity contribution in [3.8, 4) is 11.8 Å². The number of nitrogens with one attached hydrogen (secondary N) is 1. The molecule has 0 radical (unpaired) electrons. The molecule has 0 saturated carbocycles. The molecule has 0 amide bonds. The molecule has 0 unspecified atom stereocenters. The number of aromatic amines is 1. The summed E-state index contributed by atoms with van der Waals surface area (Å²) in [6.45, 7) is 1.48. The van der Waals surface area contributed by atoms with Crippen molar-refractivity contribution >= 4 is 27.8 Å². The van der Waals surface area contributed by atoms with Gasteiger partial charge in [0, 0.05) is 12.5 Å². The molecule has 6 heteroatoms. The van der Waals surface area contributed by atoms with Crippen LogP contribution in [-0.4, -0.2) is 15.9 Å². The van der Waals surface area contributed by atoms with E-state index in [1.165, 1.54) is 6.92 Å². The number of aromatic nitrogens is 1. The summed E-state index contributed by atoms with van der Waals surface area (Å²) in [5, 5.41) is 0.275. The Balaban J connectivity index is 2.34. The predicted octanol–water partition coefficient (Wildman–Crippen LogP) is 1.11. The molecule has 0 aliphatic heterocycles. The molecule has 0 aliphatic carbocycles. The molecule has 1 aromatic heterocycles. The molecule has 0 aliphatic rings.